The Morgan fingerprint density at radius 3 is 1.18 bits per heavy atom. The average molecular weight is 867 g/mol. The van der Waals surface area contributed by atoms with Crippen molar-refractivity contribution in [1.29, 1.82) is 0 Å². The molecule has 5 aliphatic rings. The lowest BCUT2D eigenvalue weighted by Gasteiger charge is -2.26. The van der Waals surface area contributed by atoms with Crippen molar-refractivity contribution in [2.75, 3.05) is 0 Å². The number of allylic oxidation sites excluding steroid dienone is 6. The molecule has 9 atom stereocenters. The highest BCUT2D eigenvalue weighted by Crippen LogP contribution is 2.40. The maximum Gasteiger partial charge on any atom is 0.159 e. The van der Waals surface area contributed by atoms with Crippen molar-refractivity contribution in [2.45, 2.75) is 183 Å². The van der Waals surface area contributed by atoms with Crippen LogP contribution in [-0.2, 0) is 24.0 Å². The number of hydrogen-bond acceptors (Lipinski definition) is 7. The molecule has 0 aliphatic heterocycles. The lowest BCUT2D eigenvalue weighted by Crippen LogP contribution is -2.29. The zero-order chi connectivity index (χ0) is 48.2. The molecule has 0 saturated heterocycles. The fourth-order valence-electron chi connectivity index (χ4n) is 11.3. The van der Waals surface area contributed by atoms with Crippen molar-refractivity contribution < 1.29 is 34.2 Å². The van der Waals surface area contributed by atoms with Crippen molar-refractivity contribution in [2.24, 2.45) is 101 Å². The topological polar surface area (TPSA) is 126 Å². The molecule has 2 saturated carbocycles. The standard InChI is InChI=1S/2C11H20O2.3C11H18O/c2*1-6(2)10-8(12)5-9(13)11(10)7(3)4;3*1-7(2)9-5-6-10(12)11(9)8(3)4/h2*6-8,10-12H,5H2,1-4H3;7-8H,5-6H2,1-4H3;5,7-8,11H,6H2,1-4H3;5-9,11H,1-4H3/t8-,10+,11+;8-,10-,11-;;11-;9-,11-/m10.11/s1. The van der Waals surface area contributed by atoms with Crippen molar-refractivity contribution in [3.8, 4) is 0 Å². The molecule has 0 unspecified atom stereocenters. The fraction of sp³-hybridized carbons (Fsp3) is 0.800. The van der Waals surface area contributed by atoms with E-state index in [9.17, 15) is 34.2 Å². The van der Waals surface area contributed by atoms with E-state index in [1.807, 2.05) is 0 Å². The Bertz CT molecular complexity index is 1520. The lowest BCUT2D eigenvalue weighted by atomic mass is 9.78. The van der Waals surface area contributed by atoms with E-state index in [4.69, 9.17) is 0 Å². The number of Topliss-reactive ketones (excluding diaryl/α,β-unsaturated/α-hetero) is 4. The predicted octanol–water partition coefficient (Wildman–Crippen LogP) is 12.2. The summed E-state index contributed by atoms with van der Waals surface area (Å²) in [5.74, 6) is 7.58. The van der Waals surface area contributed by atoms with Gasteiger partial charge in [-0.3, -0.25) is 24.0 Å². The molecule has 0 amide bonds. The first-order valence-electron chi connectivity index (χ1n) is 24.6. The molecule has 0 aromatic heterocycles. The van der Waals surface area contributed by atoms with Crippen LogP contribution >= 0.6 is 0 Å². The Hall–Kier alpha value is -2.51. The first-order valence-corrected chi connectivity index (χ1v) is 24.6. The second-order valence-electron chi connectivity index (χ2n) is 22.4. The molecular formula is C55H94O7. The molecule has 62 heavy (non-hydrogen) atoms. The number of ketones is 5. The summed E-state index contributed by atoms with van der Waals surface area (Å²) in [7, 11) is 0. The third-order valence-corrected chi connectivity index (χ3v) is 14.1. The summed E-state index contributed by atoms with van der Waals surface area (Å²) in [5, 5.41) is 19.5. The van der Waals surface area contributed by atoms with Crippen LogP contribution in [0.5, 0.6) is 0 Å². The van der Waals surface area contributed by atoms with E-state index in [-0.39, 0.29) is 47.1 Å². The van der Waals surface area contributed by atoms with Gasteiger partial charge in [-0.15, -0.1) is 0 Å². The van der Waals surface area contributed by atoms with Crippen LogP contribution in [0.2, 0.25) is 0 Å². The monoisotopic (exact) mass is 867 g/mol. The van der Waals surface area contributed by atoms with E-state index in [1.54, 1.807) is 6.08 Å². The van der Waals surface area contributed by atoms with Crippen LogP contribution in [0.15, 0.2) is 34.9 Å². The first-order chi connectivity index (χ1) is 28.5. The average Bonchev–Trinajstić information content (AvgIpc) is 3.94. The van der Waals surface area contributed by atoms with Gasteiger partial charge in [-0.05, 0) is 95.0 Å². The van der Waals surface area contributed by atoms with Crippen LogP contribution in [0.1, 0.15) is 171 Å². The molecule has 356 valence electrons. The lowest BCUT2D eigenvalue weighted by molar-refractivity contribution is -0.123. The molecule has 2 N–H and O–H groups in total. The van der Waals surface area contributed by atoms with E-state index >= 15 is 0 Å². The zero-order valence-electron chi connectivity index (χ0n) is 43.2. The molecule has 0 spiro atoms. The number of carbonyl (C=O) groups is 5. The second-order valence-corrected chi connectivity index (χ2v) is 22.4. The number of rotatable bonds is 10. The maximum atomic E-state index is 11.6. The normalized spacial score (nSPS) is 28.6. The molecule has 0 aromatic carbocycles. The van der Waals surface area contributed by atoms with Gasteiger partial charge in [0.2, 0.25) is 0 Å². The smallest absolute Gasteiger partial charge is 0.159 e. The minimum atomic E-state index is -0.403. The summed E-state index contributed by atoms with van der Waals surface area (Å²) in [4.78, 5) is 57.6. The van der Waals surface area contributed by atoms with E-state index < -0.39 is 12.2 Å². The first kappa shape index (κ1) is 57.5. The molecule has 0 aromatic rings. The third-order valence-electron chi connectivity index (χ3n) is 14.1. The molecule has 7 heteroatoms. The molecule has 5 aliphatic carbocycles. The van der Waals surface area contributed by atoms with Crippen molar-refractivity contribution in [1.82, 2.24) is 0 Å². The van der Waals surface area contributed by atoms with Crippen LogP contribution in [0.25, 0.3) is 0 Å². The highest BCUT2D eigenvalue weighted by Gasteiger charge is 2.45. The van der Waals surface area contributed by atoms with Gasteiger partial charge in [0.1, 0.15) is 17.3 Å². The molecular weight excluding hydrogens is 773 g/mol. The van der Waals surface area contributed by atoms with Crippen molar-refractivity contribution in [3.63, 3.8) is 0 Å². The minimum absolute atomic E-state index is 0.0787. The molecule has 0 radical (unpaired) electrons. The summed E-state index contributed by atoms with van der Waals surface area (Å²) < 4.78 is 0. The predicted molar refractivity (Wildman–Crippen MR) is 257 cm³/mol. The van der Waals surface area contributed by atoms with Crippen LogP contribution in [0, 0.1) is 101 Å². The number of aliphatic hydroxyl groups excluding tert-OH is 2. The largest absolute Gasteiger partial charge is 0.392 e. The maximum absolute atomic E-state index is 11.6. The summed E-state index contributed by atoms with van der Waals surface area (Å²) >= 11 is 0. The number of aliphatic hydroxyl groups is 2. The molecule has 5 rings (SSSR count). The van der Waals surface area contributed by atoms with Gasteiger partial charge in [0.15, 0.2) is 11.6 Å². The van der Waals surface area contributed by atoms with Crippen molar-refractivity contribution >= 4 is 28.9 Å². The third kappa shape index (κ3) is 15.6. The SMILES string of the molecule is CC(C)C1=C(C(C)C)C(=O)CC1.CC(C)C1=CCC(=O)[C@@H]1C(C)C.CC(C)[C@@H]1[C@@H](C(C)C)C(=O)C[C@@H]1O.CC(C)[C@H]1C=CC(=O)[C@@H]1C(C)C.CC(C)[C@H]1[C@H](O)CC(=O)[C@@H]1C(C)C. The molecule has 2 fully saturated rings. The van der Waals surface area contributed by atoms with Gasteiger partial charge in [0.25, 0.3) is 0 Å². The van der Waals surface area contributed by atoms with Gasteiger partial charge in [0.05, 0.1) is 12.2 Å². The molecule has 0 bridgehead atoms. The van der Waals surface area contributed by atoms with Crippen LogP contribution in [-0.4, -0.2) is 51.3 Å². The summed E-state index contributed by atoms with van der Waals surface area (Å²) in [6, 6.07) is 0. The Kier molecular flexibility index (Phi) is 24.0. The Morgan fingerprint density at radius 1 is 0.484 bits per heavy atom. The van der Waals surface area contributed by atoms with Crippen LogP contribution in [0.3, 0.4) is 0 Å². The highest BCUT2D eigenvalue weighted by atomic mass is 16.3. The number of carbonyl (C=O) groups excluding carboxylic acids is 5. The Morgan fingerprint density at radius 2 is 0.919 bits per heavy atom. The minimum Gasteiger partial charge on any atom is -0.392 e. The van der Waals surface area contributed by atoms with E-state index in [0.29, 0.717) is 102 Å². The highest BCUT2D eigenvalue weighted by molar-refractivity contribution is 5.99. The van der Waals surface area contributed by atoms with E-state index in [1.165, 1.54) is 11.1 Å². The van der Waals surface area contributed by atoms with Gasteiger partial charge >= 0.3 is 0 Å². The Balaban J connectivity index is 0.000000388. The van der Waals surface area contributed by atoms with Crippen LogP contribution in [0.4, 0.5) is 0 Å². The quantitative estimate of drug-likeness (QED) is 0.209. The second kappa shape index (κ2) is 25.8. The summed E-state index contributed by atoms with van der Waals surface area (Å²) in [6.45, 7) is 42.4. The van der Waals surface area contributed by atoms with Crippen molar-refractivity contribution in [3.05, 3.63) is 34.9 Å². The van der Waals surface area contributed by atoms with Gasteiger partial charge < -0.3 is 10.2 Å². The fourth-order valence-corrected chi connectivity index (χ4v) is 11.3. The summed E-state index contributed by atoms with van der Waals surface area (Å²) in [6.07, 6.45) is 8.31. The number of hydrogen-bond donors (Lipinski definition) is 2. The molecule has 0 heterocycles. The molecule has 7 nitrogen and oxygen atoms in total. The van der Waals surface area contributed by atoms with E-state index in [2.05, 4.69) is 151 Å². The Labute approximate surface area is 380 Å². The van der Waals surface area contributed by atoms with Gasteiger partial charge in [-0.2, -0.15) is 0 Å². The van der Waals surface area contributed by atoms with Crippen LogP contribution < -0.4 is 0 Å². The van der Waals surface area contributed by atoms with Gasteiger partial charge in [-0.1, -0.05) is 162 Å². The van der Waals surface area contributed by atoms with Gasteiger partial charge in [0, 0.05) is 49.4 Å². The van der Waals surface area contributed by atoms with Gasteiger partial charge in [-0.25, -0.2) is 0 Å². The van der Waals surface area contributed by atoms with E-state index in [0.717, 1.165) is 18.4 Å². The zero-order valence-corrected chi connectivity index (χ0v) is 43.2. The summed E-state index contributed by atoms with van der Waals surface area (Å²) in [5.41, 5.74) is 3.87.